The Bertz CT molecular complexity index is 1100. The zero-order valence-electron chi connectivity index (χ0n) is 22.7. The number of aromatic nitrogens is 1. The molecule has 1 aliphatic carbocycles. The number of anilines is 2. The number of pyridine rings is 1. The zero-order chi connectivity index (χ0) is 26.5. The average Bonchev–Trinajstić information content (AvgIpc) is 2.94. The van der Waals surface area contributed by atoms with Crippen molar-refractivity contribution in [3.8, 4) is 0 Å². The van der Waals surface area contributed by atoms with Crippen LogP contribution in [0.1, 0.15) is 68.9 Å². The molecule has 204 valence electrons. The molecular formula is C31H42N4O3. The molecule has 1 unspecified atom stereocenters. The van der Waals surface area contributed by atoms with Gasteiger partial charge in [0.05, 0.1) is 0 Å². The number of hydrogen-bond acceptors (Lipinski definition) is 5. The van der Waals surface area contributed by atoms with Gasteiger partial charge in [-0.05, 0) is 86.8 Å². The van der Waals surface area contributed by atoms with Gasteiger partial charge in [-0.1, -0.05) is 31.4 Å². The van der Waals surface area contributed by atoms with Gasteiger partial charge in [0.2, 0.25) is 5.91 Å². The summed E-state index contributed by atoms with van der Waals surface area (Å²) in [5, 5.41) is 13.6. The van der Waals surface area contributed by atoms with Crippen LogP contribution in [0.4, 0.5) is 11.5 Å². The third kappa shape index (κ3) is 5.97. The van der Waals surface area contributed by atoms with Crippen molar-refractivity contribution in [1.29, 1.82) is 0 Å². The molecule has 1 saturated carbocycles. The molecule has 1 aromatic carbocycles. The SMILES string of the molecule is Cc1ccnc(NCC2CCN(c3ccc(CC(C(=O)O)N4CCCC5(CCCCC5)C4=O)cc3)CC2)c1. The number of carboxylic acids is 1. The highest BCUT2D eigenvalue weighted by Crippen LogP contribution is 2.44. The van der Waals surface area contributed by atoms with E-state index in [-0.39, 0.29) is 11.3 Å². The maximum Gasteiger partial charge on any atom is 0.326 e. The number of piperidine rings is 2. The second-order valence-corrected chi connectivity index (χ2v) is 11.7. The van der Waals surface area contributed by atoms with Crippen molar-refractivity contribution in [3.05, 3.63) is 53.7 Å². The minimum atomic E-state index is -0.896. The van der Waals surface area contributed by atoms with Crippen molar-refractivity contribution in [2.24, 2.45) is 11.3 Å². The summed E-state index contributed by atoms with van der Waals surface area (Å²) in [6.45, 7) is 5.60. The lowest BCUT2D eigenvalue weighted by Crippen LogP contribution is -2.56. The van der Waals surface area contributed by atoms with Crippen LogP contribution >= 0.6 is 0 Å². The van der Waals surface area contributed by atoms with E-state index in [0.717, 1.165) is 82.4 Å². The molecule has 1 atom stereocenters. The Morgan fingerprint density at radius 3 is 2.45 bits per heavy atom. The second-order valence-electron chi connectivity index (χ2n) is 11.7. The molecule has 0 bridgehead atoms. The quantitative estimate of drug-likeness (QED) is 0.494. The lowest BCUT2D eigenvalue weighted by atomic mass is 9.68. The summed E-state index contributed by atoms with van der Waals surface area (Å²) < 4.78 is 0. The van der Waals surface area contributed by atoms with Gasteiger partial charge < -0.3 is 20.2 Å². The maximum atomic E-state index is 13.5. The summed E-state index contributed by atoms with van der Waals surface area (Å²) in [6.07, 6.45) is 11.5. The van der Waals surface area contributed by atoms with Gasteiger partial charge in [-0.25, -0.2) is 9.78 Å². The highest BCUT2D eigenvalue weighted by atomic mass is 16.4. The van der Waals surface area contributed by atoms with Crippen LogP contribution < -0.4 is 10.2 Å². The molecule has 1 aromatic heterocycles. The van der Waals surface area contributed by atoms with Crippen molar-refractivity contribution < 1.29 is 14.7 Å². The minimum absolute atomic E-state index is 0.0861. The van der Waals surface area contributed by atoms with Crippen LogP contribution in [0.3, 0.4) is 0 Å². The molecule has 1 amide bonds. The molecule has 1 spiro atoms. The lowest BCUT2D eigenvalue weighted by Gasteiger charge is -2.45. The largest absolute Gasteiger partial charge is 0.480 e. The average molecular weight is 519 g/mol. The van der Waals surface area contributed by atoms with Gasteiger partial charge in [0, 0.05) is 49.9 Å². The fraction of sp³-hybridized carbons (Fsp3) is 0.581. The molecule has 2 aliphatic heterocycles. The Balaban J connectivity index is 1.15. The van der Waals surface area contributed by atoms with E-state index >= 15 is 0 Å². The number of carbonyl (C=O) groups excluding carboxylic acids is 1. The van der Waals surface area contributed by atoms with Crippen LogP contribution in [0.15, 0.2) is 42.6 Å². The first kappa shape index (κ1) is 26.5. The number of carboxylic acid groups (broad SMARTS) is 1. The van der Waals surface area contributed by atoms with Crippen LogP contribution in [0.5, 0.6) is 0 Å². The maximum absolute atomic E-state index is 13.5. The molecule has 5 rings (SSSR count). The number of hydrogen-bond donors (Lipinski definition) is 2. The van der Waals surface area contributed by atoms with Gasteiger partial charge in [-0.15, -0.1) is 0 Å². The smallest absolute Gasteiger partial charge is 0.326 e. The minimum Gasteiger partial charge on any atom is -0.480 e. The van der Waals surface area contributed by atoms with Crippen molar-refractivity contribution in [2.75, 3.05) is 36.4 Å². The molecule has 2 aromatic rings. The van der Waals surface area contributed by atoms with E-state index < -0.39 is 12.0 Å². The standard InChI is InChI=1S/C31H42N4O3/c1-23-10-16-32-28(20-23)33-22-25-11-18-34(19-12-25)26-8-6-24(7-9-26)21-27(29(36)37)35-17-5-15-31(30(35)38)13-3-2-4-14-31/h6-10,16,20,25,27H,2-5,11-15,17-19,21-22H2,1H3,(H,32,33)(H,36,37). The Labute approximate surface area is 226 Å². The Morgan fingerprint density at radius 1 is 1.05 bits per heavy atom. The summed E-state index contributed by atoms with van der Waals surface area (Å²) in [6, 6.07) is 11.6. The summed E-state index contributed by atoms with van der Waals surface area (Å²) in [5.41, 5.74) is 3.06. The van der Waals surface area contributed by atoms with Crippen LogP contribution in [-0.4, -0.2) is 59.1 Å². The molecule has 3 heterocycles. The monoisotopic (exact) mass is 518 g/mol. The van der Waals surface area contributed by atoms with Gasteiger partial charge in [0.15, 0.2) is 0 Å². The van der Waals surface area contributed by atoms with E-state index in [1.807, 2.05) is 24.4 Å². The van der Waals surface area contributed by atoms with Gasteiger partial charge in [-0.3, -0.25) is 4.79 Å². The predicted molar refractivity (Wildman–Crippen MR) is 150 cm³/mol. The highest BCUT2D eigenvalue weighted by Gasteiger charge is 2.47. The first-order chi connectivity index (χ1) is 18.4. The number of benzene rings is 1. The third-order valence-electron chi connectivity index (χ3n) is 9.07. The van der Waals surface area contributed by atoms with Crippen molar-refractivity contribution >= 4 is 23.4 Å². The van der Waals surface area contributed by atoms with Crippen LogP contribution in [0.25, 0.3) is 0 Å². The number of amides is 1. The summed E-state index contributed by atoms with van der Waals surface area (Å²) in [5.74, 6) is 0.761. The molecule has 7 heteroatoms. The fourth-order valence-electron chi connectivity index (χ4n) is 6.76. The predicted octanol–water partition coefficient (Wildman–Crippen LogP) is 5.29. The Kier molecular flexibility index (Phi) is 8.20. The first-order valence-electron chi connectivity index (χ1n) is 14.5. The Morgan fingerprint density at radius 2 is 1.76 bits per heavy atom. The first-order valence-corrected chi connectivity index (χ1v) is 14.5. The van der Waals surface area contributed by atoms with E-state index in [0.29, 0.717) is 18.9 Å². The number of aliphatic carboxylic acids is 1. The van der Waals surface area contributed by atoms with Crippen LogP contribution in [0, 0.1) is 18.3 Å². The van der Waals surface area contributed by atoms with E-state index in [4.69, 9.17) is 0 Å². The van der Waals surface area contributed by atoms with E-state index in [2.05, 4.69) is 40.3 Å². The number of nitrogens with zero attached hydrogens (tertiary/aromatic N) is 3. The van der Waals surface area contributed by atoms with E-state index in [1.54, 1.807) is 4.90 Å². The number of likely N-dealkylation sites (tertiary alicyclic amines) is 1. The number of carbonyl (C=O) groups is 2. The van der Waals surface area contributed by atoms with Crippen LogP contribution in [0.2, 0.25) is 0 Å². The van der Waals surface area contributed by atoms with Crippen molar-refractivity contribution in [2.45, 2.75) is 77.2 Å². The molecule has 7 nitrogen and oxygen atoms in total. The molecule has 2 N–H and O–H groups in total. The molecular weight excluding hydrogens is 476 g/mol. The highest BCUT2D eigenvalue weighted by molar-refractivity contribution is 5.88. The van der Waals surface area contributed by atoms with Crippen molar-refractivity contribution in [3.63, 3.8) is 0 Å². The number of rotatable bonds is 8. The van der Waals surface area contributed by atoms with Crippen LogP contribution in [-0.2, 0) is 16.0 Å². The van der Waals surface area contributed by atoms with Gasteiger partial charge in [0.1, 0.15) is 11.9 Å². The molecule has 38 heavy (non-hydrogen) atoms. The zero-order valence-corrected chi connectivity index (χ0v) is 22.7. The molecule has 3 aliphatic rings. The van der Waals surface area contributed by atoms with Gasteiger partial charge in [0.25, 0.3) is 0 Å². The third-order valence-corrected chi connectivity index (χ3v) is 9.07. The van der Waals surface area contributed by atoms with E-state index in [1.165, 1.54) is 17.7 Å². The summed E-state index contributed by atoms with van der Waals surface area (Å²) >= 11 is 0. The topological polar surface area (TPSA) is 85.8 Å². The number of nitrogens with one attached hydrogen (secondary N) is 1. The number of aryl methyl sites for hydroxylation is 1. The summed E-state index contributed by atoms with van der Waals surface area (Å²) in [7, 11) is 0. The van der Waals surface area contributed by atoms with Gasteiger partial charge >= 0.3 is 5.97 Å². The van der Waals surface area contributed by atoms with E-state index in [9.17, 15) is 14.7 Å². The van der Waals surface area contributed by atoms with Crippen molar-refractivity contribution in [1.82, 2.24) is 9.88 Å². The molecule has 3 fully saturated rings. The fourth-order valence-corrected chi connectivity index (χ4v) is 6.76. The van der Waals surface area contributed by atoms with Gasteiger partial charge in [-0.2, -0.15) is 0 Å². The normalized spacial score (nSPS) is 20.9. The second kappa shape index (κ2) is 11.7. The Hall–Kier alpha value is -3.09. The summed E-state index contributed by atoms with van der Waals surface area (Å²) in [4.78, 5) is 34.3. The lowest BCUT2D eigenvalue weighted by molar-refractivity contribution is -0.160. The molecule has 2 saturated heterocycles. The molecule has 0 radical (unpaired) electrons.